The molecule has 6 rings (SSSR count). The number of aromatic nitrogens is 3. The first-order valence-corrected chi connectivity index (χ1v) is 20.2. The molecule has 15 heteroatoms. The fourth-order valence-electron chi connectivity index (χ4n) is 7.65. The summed E-state index contributed by atoms with van der Waals surface area (Å²) in [6.45, 7) is 5.63. The molecule has 0 aliphatic carbocycles. The van der Waals surface area contributed by atoms with Crippen molar-refractivity contribution in [2.24, 2.45) is 13.0 Å². The number of hydrogen-bond acceptors (Lipinski definition) is 9. The molecule has 1 unspecified atom stereocenters. The van der Waals surface area contributed by atoms with E-state index in [-0.39, 0.29) is 47.4 Å². The summed E-state index contributed by atoms with van der Waals surface area (Å²) in [7, 11) is 3.79. The van der Waals surface area contributed by atoms with E-state index < -0.39 is 5.60 Å². The molecular formula is C42H53ClN8O6. The number of amides is 3. The minimum atomic E-state index is -1.21. The summed E-state index contributed by atoms with van der Waals surface area (Å²) in [6.07, 6.45) is 5.62. The van der Waals surface area contributed by atoms with Gasteiger partial charge in [-0.05, 0) is 69.0 Å². The lowest BCUT2D eigenvalue weighted by Gasteiger charge is -2.39. The number of halogens is 1. The molecule has 2 aromatic heterocycles. The zero-order chi connectivity index (χ0) is 40.5. The van der Waals surface area contributed by atoms with E-state index in [9.17, 15) is 29.1 Å². The summed E-state index contributed by atoms with van der Waals surface area (Å²) in [5.41, 5.74) is 1.30. The van der Waals surface area contributed by atoms with Gasteiger partial charge in [-0.15, -0.1) is 11.6 Å². The van der Waals surface area contributed by atoms with Crippen molar-refractivity contribution in [1.29, 1.82) is 0 Å². The fourth-order valence-corrected chi connectivity index (χ4v) is 7.81. The van der Waals surface area contributed by atoms with Gasteiger partial charge in [0.05, 0.1) is 35.3 Å². The van der Waals surface area contributed by atoms with Gasteiger partial charge in [0.15, 0.2) is 5.78 Å². The minimum absolute atomic E-state index is 0.00865. The van der Waals surface area contributed by atoms with Crippen molar-refractivity contribution in [3.63, 3.8) is 0 Å². The lowest BCUT2D eigenvalue weighted by atomic mass is 9.88. The number of anilines is 1. The maximum Gasteiger partial charge on any atom is 0.267 e. The summed E-state index contributed by atoms with van der Waals surface area (Å²) in [5, 5.41) is 17.9. The molecule has 2 saturated heterocycles. The van der Waals surface area contributed by atoms with E-state index in [1.54, 1.807) is 40.9 Å². The van der Waals surface area contributed by atoms with Crippen LogP contribution < -0.4 is 16.2 Å². The van der Waals surface area contributed by atoms with Crippen molar-refractivity contribution in [3.8, 4) is 0 Å². The molecule has 3 amide bonds. The van der Waals surface area contributed by atoms with Gasteiger partial charge < -0.3 is 35.0 Å². The highest BCUT2D eigenvalue weighted by molar-refractivity contribution is 6.30. The first kappa shape index (κ1) is 41.7. The Kier molecular flexibility index (Phi) is 13.9. The Balaban J connectivity index is 1.02. The Morgan fingerprint density at radius 2 is 1.70 bits per heavy atom. The first-order valence-electron chi connectivity index (χ1n) is 19.7. The Hall–Kier alpha value is -4.89. The topological polar surface area (TPSA) is 162 Å². The van der Waals surface area contributed by atoms with E-state index in [1.165, 1.54) is 17.0 Å². The van der Waals surface area contributed by atoms with Crippen LogP contribution in [-0.2, 0) is 29.6 Å². The van der Waals surface area contributed by atoms with Crippen molar-refractivity contribution in [2.75, 3.05) is 70.6 Å². The van der Waals surface area contributed by atoms with Crippen molar-refractivity contribution in [3.05, 3.63) is 94.3 Å². The number of alkyl halides is 1. The average Bonchev–Trinajstić information content (AvgIpc) is 3.61. The number of piperidine rings is 1. The molecule has 2 aliphatic rings. The number of benzene rings is 2. The zero-order valence-corrected chi connectivity index (χ0v) is 33.5. The lowest BCUT2D eigenvalue weighted by Crippen LogP contribution is -2.51. The SMILES string of the molecule is CN1CCN(CCC(=O)Nc2ccc3c(=O)n(CC4(O)CCN(C(=O)C(CCCNC(=O)c5cc(C(=O)CCl)cn5C)Cc5ccccc5)CC4)cnc3c2)CC1. The summed E-state index contributed by atoms with van der Waals surface area (Å²) >= 11 is 5.68. The second-order valence-corrected chi connectivity index (χ2v) is 15.7. The van der Waals surface area contributed by atoms with Crippen LogP contribution in [0.1, 0.15) is 58.5 Å². The second-order valence-electron chi connectivity index (χ2n) is 15.5. The molecule has 2 aliphatic heterocycles. The highest BCUT2D eigenvalue weighted by Crippen LogP contribution is 2.27. The Bertz CT molecular complexity index is 2100. The van der Waals surface area contributed by atoms with Gasteiger partial charge in [0.1, 0.15) is 5.69 Å². The zero-order valence-electron chi connectivity index (χ0n) is 32.8. The monoisotopic (exact) mass is 800 g/mol. The van der Waals surface area contributed by atoms with Gasteiger partial charge in [0.2, 0.25) is 11.8 Å². The maximum atomic E-state index is 14.0. The van der Waals surface area contributed by atoms with Crippen LogP contribution >= 0.6 is 11.6 Å². The van der Waals surface area contributed by atoms with E-state index in [0.29, 0.717) is 92.6 Å². The van der Waals surface area contributed by atoms with Crippen LogP contribution in [0.25, 0.3) is 10.9 Å². The number of aryl methyl sites for hydroxylation is 1. The second kappa shape index (κ2) is 19.0. The molecular weight excluding hydrogens is 748 g/mol. The molecule has 304 valence electrons. The van der Waals surface area contributed by atoms with Crippen LogP contribution in [0, 0.1) is 5.92 Å². The number of Topliss-reactive ketones (excluding diaryl/α,β-unsaturated/α-hetero) is 1. The number of likely N-dealkylation sites (N-methyl/N-ethyl adjacent to an activating group) is 1. The number of hydrogen-bond donors (Lipinski definition) is 3. The summed E-state index contributed by atoms with van der Waals surface area (Å²) in [5.74, 6) is -1.17. The van der Waals surface area contributed by atoms with E-state index in [4.69, 9.17) is 11.6 Å². The molecule has 3 N–H and O–H groups in total. The van der Waals surface area contributed by atoms with Crippen LogP contribution in [0.2, 0.25) is 0 Å². The lowest BCUT2D eigenvalue weighted by molar-refractivity contribution is -0.140. The predicted octanol–water partition coefficient (Wildman–Crippen LogP) is 3.16. The Morgan fingerprint density at radius 3 is 2.42 bits per heavy atom. The molecule has 0 bridgehead atoms. The van der Waals surface area contributed by atoms with Gasteiger partial charge in [0.25, 0.3) is 11.5 Å². The molecule has 2 fully saturated rings. The first-order chi connectivity index (χ1) is 27.4. The smallest absolute Gasteiger partial charge is 0.267 e. The number of carbonyl (C=O) groups is 4. The van der Waals surface area contributed by atoms with E-state index >= 15 is 0 Å². The number of aliphatic hydroxyl groups is 1. The third kappa shape index (κ3) is 10.9. The van der Waals surface area contributed by atoms with Gasteiger partial charge in [0, 0.05) is 89.2 Å². The molecule has 57 heavy (non-hydrogen) atoms. The van der Waals surface area contributed by atoms with Gasteiger partial charge in [-0.1, -0.05) is 30.3 Å². The van der Waals surface area contributed by atoms with Crippen LogP contribution in [-0.4, -0.2) is 128 Å². The van der Waals surface area contributed by atoms with E-state index in [1.807, 2.05) is 30.3 Å². The molecule has 1 atom stereocenters. The Labute approximate surface area is 337 Å². The summed E-state index contributed by atoms with van der Waals surface area (Å²) < 4.78 is 3.02. The highest BCUT2D eigenvalue weighted by atomic mass is 35.5. The van der Waals surface area contributed by atoms with E-state index in [2.05, 4.69) is 32.5 Å². The maximum absolute atomic E-state index is 14.0. The van der Waals surface area contributed by atoms with Crippen molar-refractivity contribution < 1.29 is 24.3 Å². The number of rotatable bonds is 16. The number of piperazine rings is 1. The minimum Gasteiger partial charge on any atom is -0.388 e. The summed E-state index contributed by atoms with van der Waals surface area (Å²) in [6, 6.07) is 16.4. The molecule has 0 saturated carbocycles. The van der Waals surface area contributed by atoms with Crippen LogP contribution in [0.3, 0.4) is 0 Å². The normalized spacial score (nSPS) is 16.7. The van der Waals surface area contributed by atoms with Gasteiger partial charge in [-0.2, -0.15) is 0 Å². The highest BCUT2D eigenvalue weighted by Gasteiger charge is 2.36. The number of nitrogens with one attached hydrogen (secondary N) is 2. The largest absolute Gasteiger partial charge is 0.388 e. The fraction of sp³-hybridized carbons (Fsp3) is 0.476. The van der Waals surface area contributed by atoms with Gasteiger partial charge >= 0.3 is 0 Å². The number of carbonyl (C=O) groups excluding carboxylic acids is 4. The van der Waals surface area contributed by atoms with Crippen molar-refractivity contribution >= 4 is 51.7 Å². The number of fused-ring (bicyclic) bond motifs is 1. The van der Waals surface area contributed by atoms with Gasteiger partial charge in [-0.3, -0.25) is 28.5 Å². The number of ketones is 1. The van der Waals surface area contributed by atoms with Crippen LogP contribution in [0.5, 0.6) is 0 Å². The molecule has 2 aromatic carbocycles. The standard InChI is InChI=1S/C42H53ClN8O6/c1-47-19-21-49(22-20-47)16-12-38(53)46-33-10-11-34-35(25-33)45-29-51(41(34)56)28-42(57)13-17-50(18-14-42)40(55)31(23-30-7-4-3-5-8-30)9-6-15-44-39(54)36-24-32(27-48(36)2)37(52)26-43/h3-5,7-8,10-11,24-25,27,29,31,57H,6,9,12-23,26,28H2,1-2H3,(H,44,54)(H,46,53). The third-order valence-electron chi connectivity index (χ3n) is 11.2. The number of likely N-dealkylation sites (tertiary alicyclic amines) is 1. The summed E-state index contributed by atoms with van der Waals surface area (Å²) in [4.78, 5) is 75.9. The van der Waals surface area contributed by atoms with Gasteiger partial charge in [-0.25, -0.2) is 4.98 Å². The molecule has 4 aromatic rings. The van der Waals surface area contributed by atoms with E-state index in [0.717, 1.165) is 31.7 Å². The third-order valence-corrected chi connectivity index (χ3v) is 11.4. The van der Waals surface area contributed by atoms with Crippen molar-refractivity contribution in [2.45, 2.75) is 50.7 Å². The van der Waals surface area contributed by atoms with Crippen LogP contribution in [0.15, 0.2) is 71.9 Å². The molecule has 0 radical (unpaired) electrons. The Morgan fingerprint density at radius 1 is 0.965 bits per heavy atom. The van der Waals surface area contributed by atoms with Crippen LogP contribution in [0.4, 0.5) is 5.69 Å². The molecule has 0 spiro atoms. The molecule has 14 nitrogen and oxygen atoms in total. The average molecular weight is 801 g/mol. The predicted molar refractivity (Wildman–Crippen MR) is 220 cm³/mol. The van der Waals surface area contributed by atoms with Crippen molar-refractivity contribution in [1.82, 2.24) is 34.1 Å². The number of nitrogens with zero attached hydrogens (tertiary/aromatic N) is 6. The quantitative estimate of drug-likeness (QED) is 0.0879. The molecule has 4 heterocycles.